The Balaban J connectivity index is 1.47. The minimum Gasteiger partial charge on any atom is -0.387 e. The second-order valence-electron chi connectivity index (χ2n) is 9.15. The van der Waals surface area contributed by atoms with Crippen molar-refractivity contribution >= 4 is 33.8 Å². The van der Waals surface area contributed by atoms with Gasteiger partial charge in [0.2, 0.25) is 5.91 Å². The molecule has 7 nitrogen and oxygen atoms in total. The van der Waals surface area contributed by atoms with Gasteiger partial charge in [0.05, 0.1) is 36.9 Å². The number of halogens is 1. The van der Waals surface area contributed by atoms with E-state index in [2.05, 4.69) is 16.3 Å². The Morgan fingerprint density at radius 3 is 2.60 bits per heavy atom. The van der Waals surface area contributed by atoms with E-state index in [0.717, 1.165) is 41.7 Å². The normalized spacial score (nSPS) is 15.6. The topological polar surface area (TPSA) is 83.3 Å². The zero-order chi connectivity index (χ0) is 24.5. The van der Waals surface area contributed by atoms with Crippen molar-refractivity contribution in [3.05, 3.63) is 86.3 Å². The standard InChI is InChI=1S/C27H28ClN3O4/c1-17(32)24-12-20-10-19(15-30-6-8-35-9-7-30)11-23-26(20)31(24)16-21(27(23)34)13-25(33)29-14-18-2-4-22(28)5-3-18/h2-5,10-12,16-17,32H,6-9,13-15H2,1H3,(H,29,33)/t17-/m1/s1. The van der Waals surface area contributed by atoms with Gasteiger partial charge < -0.3 is 19.6 Å². The first kappa shape index (κ1) is 23.8. The summed E-state index contributed by atoms with van der Waals surface area (Å²) in [7, 11) is 0. The highest BCUT2D eigenvalue weighted by Crippen LogP contribution is 2.29. The molecule has 0 saturated carbocycles. The van der Waals surface area contributed by atoms with E-state index in [1.165, 1.54) is 0 Å². The third-order valence-corrected chi connectivity index (χ3v) is 6.79. The van der Waals surface area contributed by atoms with E-state index in [4.69, 9.17) is 16.3 Å². The van der Waals surface area contributed by atoms with Crippen LogP contribution in [0.2, 0.25) is 5.02 Å². The zero-order valence-corrected chi connectivity index (χ0v) is 20.3. The second-order valence-corrected chi connectivity index (χ2v) is 9.58. The van der Waals surface area contributed by atoms with Crippen molar-refractivity contribution in [2.45, 2.75) is 32.5 Å². The van der Waals surface area contributed by atoms with Crippen molar-refractivity contribution in [1.29, 1.82) is 0 Å². The van der Waals surface area contributed by atoms with Gasteiger partial charge in [-0.05, 0) is 48.4 Å². The van der Waals surface area contributed by atoms with Gasteiger partial charge in [0.1, 0.15) is 0 Å². The fourth-order valence-electron chi connectivity index (χ4n) is 4.75. The first-order chi connectivity index (χ1) is 16.9. The number of carbonyl (C=O) groups excluding carboxylic acids is 1. The molecule has 1 saturated heterocycles. The first-order valence-corrected chi connectivity index (χ1v) is 12.2. The van der Waals surface area contributed by atoms with Crippen LogP contribution in [0.25, 0.3) is 16.3 Å². The Morgan fingerprint density at radius 2 is 1.89 bits per heavy atom. The Kier molecular flexibility index (Phi) is 6.75. The average Bonchev–Trinajstić information content (AvgIpc) is 3.21. The number of nitrogens with zero attached hydrogens (tertiary/aromatic N) is 2. The lowest BCUT2D eigenvalue weighted by Gasteiger charge is -2.26. The molecule has 0 aliphatic carbocycles. The number of rotatable bonds is 7. The SMILES string of the molecule is C[C@@H](O)c1cc2cc(CN3CCOCC3)cc3c(=O)c(CC(=O)NCc4ccc(Cl)cc4)cn1c23. The smallest absolute Gasteiger partial charge is 0.224 e. The maximum absolute atomic E-state index is 13.5. The van der Waals surface area contributed by atoms with Gasteiger partial charge in [-0.3, -0.25) is 14.5 Å². The Morgan fingerprint density at radius 1 is 1.14 bits per heavy atom. The molecule has 0 radical (unpaired) electrons. The maximum atomic E-state index is 13.5. The molecule has 1 atom stereocenters. The van der Waals surface area contributed by atoms with Crippen molar-refractivity contribution in [3.63, 3.8) is 0 Å². The summed E-state index contributed by atoms with van der Waals surface area (Å²) in [5.41, 5.74) is 3.68. The van der Waals surface area contributed by atoms with Crippen molar-refractivity contribution < 1.29 is 14.6 Å². The van der Waals surface area contributed by atoms with Crippen LogP contribution in [0.15, 0.2) is 53.5 Å². The molecule has 1 amide bonds. The van der Waals surface area contributed by atoms with Crippen molar-refractivity contribution in [2.24, 2.45) is 0 Å². The molecule has 1 fully saturated rings. The summed E-state index contributed by atoms with van der Waals surface area (Å²) in [4.78, 5) is 28.5. The van der Waals surface area contributed by atoms with Gasteiger partial charge in [-0.1, -0.05) is 23.7 Å². The van der Waals surface area contributed by atoms with E-state index in [9.17, 15) is 14.7 Å². The number of aromatic nitrogens is 1. The fraction of sp³-hybridized carbons (Fsp3) is 0.333. The first-order valence-electron chi connectivity index (χ1n) is 11.8. The molecule has 1 aliphatic heterocycles. The lowest BCUT2D eigenvalue weighted by atomic mass is 10.0. The quantitative estimate of drug-likeness (QED) is 0.413. The fourth-order valence-corrected chi connectivity index (χ4v) is 4.88. The zero-order valence-electron chi connectivity index (χ0n) is 19.6. The van der Waals surface area contributed by atoms with E-state index in [-0.39, 0.29) is 17.8 Å². The number of hydrogen-bond donors (Lipinski definition) is 2. The van der Waals surface area contributed by atoms with E-state index in [1.807, 2.05) is 28.7 Å². The van der Waals surface area contributed by atoms with Gasteiger partial charge in [-0.2, -0.15) is 0 Å². The third-order valence-electron chi connectivity index (χ3n) is 6.53. The van der Waals surface area contributed by atoms with E-state index in [1.54, 1.807) is 25.3 Å². The summed E-state index contributed by atoms with van der Waals surface area (Å²) in [5, 5.41) is 15.4. The molecule has 1 aliphatic rings. The van der Waals surface area contributed by atoms with Crippen LogP contribution >= 0.6 is 11.6 Å². The van der Waals surface area contributed by atoms with Gasteiger partial charge in [0.15, 0.2) is 5.43 Å². The summed E-state index contributed by atoms with van der Waals surface area (Å²) in [5.74, 6) is -0.241. The Labute approximate surface area is 208 Å². The van der Waals surface area contributed by atoms with Gasteiger partial charge >= 0.3 is 0 Å². The molecule has 35 heavy (non-hydrogen) atoms. The third kappa shape index (κ3) is 5.04. The summed E-state index contributed by atoms with van der Waals surface area (Å²) >= 11 is 5.92. The Hall–Kier alpha value is -2.97. The van der Waals surface area contributed by atoms with E-state index >= 15 is 0 Å². The molecule has 0 unspecified atom stereocenters. The number of aliphatic hydroxyl groups is 1. The number of carbonyl (C=O) groups is 1. The molecular formula is C27H28ClN3O4. The maximum Gasteiger partial charge on any atom is 0.224 e. The minimum atomic E-state index is -0.720. The molecule has 2 N–H and O–H groups in total. The monoisotopic (exact) mass is 493 g/mol. The van der Waals surface area contributed by atoms with Crippen LogP contribution in [0.5, 0.6) is 0 Å². The number of hydrogen-bond acceptors (Lipinski definition) is 5. The highest BCUT2D eigenvalue weighted by molar-refractivity contribution is 6.30. The molecule has 4 aromatic rings. The highest BCUT2D eigenvalue weighted by Gasteiger charge is 2.20. The van der Waals surface area contributed by atoms with Crippen LogP contribution in [-0.2, 0) is 29.0 Å². The van der Waals surface area contributed by atoms with Crippen LogP contribution in [0, 0.1) is 0 Å². The molecule has 2 aromatic carbocycles. The lowest BCUT2D eigenvalue weighted by molar-refractivity contribution is -0.120. The minimum absolute atomic E-state index is 0.0432. The molecular weight excluding hydrogens is 466 g/mol. The highest BCUT2D eigenvalue weighted by atomic mass is 35.5. The van der Waals surface area contributed by atoms with E-state index in [0.29, 0.717) is 41.4 Å². The molecule has 182 valence electrons. The van der Waals surface area contributed by atoms with Crippen molar-refractivity contribution in [2.75, 3.05) is 26.3 Å². The van der Waals surface area contributed by atoms with Gasteiger partial charge in [-0.25, -0.2) is 0 Å². The molecule has 8 heteroatoms. The van der Waals surface area contributed by atoms with Gasteiger partial charge in [-0.15, -0.1) is 0 Å². The summed E-state index contributed by atoms with van der Waals surface area (Å²) in [6.07, 6.45) is 0.934. The van der Waals surface area contributed by atoms with Crippen LogP contribution in [0.3, 0.4) is 0 Å². The molecule has 3 heterocycles. The number of morpholine rings is 1. The number of benzene rings is 2. The molecule has 5 rings (SSSR count). The molecule has 0 spiro atoms. The molecule has 0 bridgehead atoms. The largest absolute Gasteiger partial charge is 0.387 e. The van der Waals surface area contributed by atoms with Gasteiger partial charge in [0.25, 0.3) is 0 Å². The number of ether oxygens (including phenoxy) is 1. The number of pyridine rings is 1. The van der Waals surface area contributed by atoms with Crippen LogP contribution < -0.4 is 10.7 Å². The predicted molar refractivity (Wildman–Crippen MR) is 136 cm³/mol. The van der Waals surface area contributed by atoms with Crippen LogP contribution in [-0.4, -0.2) is 46.6 Å². The van der Waals surface area contributed by atoms with E-state index < -0.39 is 6.10 Å². The summed E-state index contributed by atoms with van der Waals surface area (Å²) in [6, 6.07) is 13.2. The summed E-state index contributed by atoms with van der Waals surface area (Å²) < 4.78 is 7.31. The second kappa shape index (κ2) is 9.95. The van der Waals surface area contributed by atoms with Crippen molar-refractivity contribution in [3.8, 4) is 0 Å². The van der Waals surface area contributed by atoms with Crippen LogP contribution in [0.4, 0.5) is 0 Å². The van der Waals surface area contributed by atoms with Crippen molar-refractivity contribution in [1.82, 2.24) is 14.6 Å². The Bertz CT molecular complexity index is 1410. The lowest BCUT2D eigenvalue weighted by Crippen LogP contribution is -2.35. The number of nitrogens with one attached hydrogen (secondary N) is 1. The average molecular weight is 494 g/mol. The van der Waals surface area contributed by atoms with Gasteiger partial charge in [0, 0.05) is 53.7 Å². The number of aliphatic hydroxyl groups excluding tert-OH is 1. The van der Waals surface area contributed by atoms with Crippen LogP contribution in [0.1, 0.15) is 35.4 Å². The molecule has 2 aromatic heterocycles. The number of amides is 1. The summed E-state index contributed by atoms with van der Waals surface area (Å²) in [6.45, 7) is 5.87. The predicted octanol–water partition coefficient (Wildman–Crippen LogP) is 3.29.